The topological polar surface area (TPSA) is 98.1 Å². The normalized spacial score (nSPS) is 11.8. The van der Waals surface area contributed by atoms with Gasteiger partial charge in [0.15, 0.2) is 5.82 Å². The first-order valence-corrected chi connectivity index (χ1v) is 8.21. The lowest BCUT2D eigenvalue weighted by atomic mass is 10.2. The van der Waals surface area contributed by atoms with Crippen LogP contribution in [0.2, 0.25) is 0 Å². The highest BCUT2D eigenvalue weighted by Crippen LogP contribution is 2.09. The number of hydrogen-bond donors (Lipinski definition) is 2. The van der Waals surface area contributed by atoms with Crippen LogP contribution in [0.3, 0.4) is 0 Å². The molecular weight excluding hydrogens is 341 g/mol. The fourth-order valence-corrected chi connectivity index (χ4v) is 2.37. The molecule has 1 unspecified atom stereocenters. The number of rotatable bonds is 9. The second kappa shape index (κ2) is 9.62. The molecule has 1 aromatic heterocycles. The first kappa shape index (κ1) is 19.5. The van der Waals surface area contributed by atoms with E-state index in [1.54, 1.807) is 31.0 Å². The quantitative estimate of drug-likeness (QED) is 0.694. The fourth-order valence-electron chi connectivity index (χ4n) is 2.37. The van der Waals surface area contributed by atoms with Gasteiger partial charge in [-0.25, -0.2) is 4.39 Å². The Morgan fingerprint density at radius 2 is 2.12 bits per heavy atom. The van der Waals surface area contributed by atoms with E-state index in [0.29, 0.717) is 19.0 Å². The average Bonchev–Trinajstić information content (AvgIpc) is 3.08. The number of benzene rings is 1. The Bertz CT molecular complexity index is 750. The fraction of sp³-hybridized carbons (Fsp3) is 0.412. The van der Waals surface area contributed by atoms with Gasteiger partial charge in [-0.2, -0.15) is 0 Å². The largest absolute Gasteiger partial charge is 0.383 e. The van der Waals surface area contributed by atoms with Crippen LogP contribution in [0.1, 0.15) is 35.6 Å². The molecule has 9 heteroatoms. The van der Waals surface area contributed by atoms with Gasteiger partial charge in [0.05, 0.1) is 18.2 Å². The summed E-state index contributed by atoms with van der Waals surface area (Å²) in [6.45, 7) is 2.98. The van der Waals surface area contributed by atoms with Gasteiger partial charge in [0.2, 0.25) is 5.91 Å². The lowest BCUT2D eigenvalue weighted by Crippen LogP contribution is -2.33. The maximum absolute atomic E-state index is 13.5. The van der Waals surface area contributed by atoms with E-state index in [0.717, 1.165) is 0 Å². The van der Waals surface area contributed by atoms with Gasteiger partial charge in [0.1, 0.15) is 12.1 Å². The molecule has 1 aromatic carbocycles. The molecule has 26 heavy (non-hydrogen) atoms. The van der Waals surface area contributed by atoms with Gasteiger partial charge in [0.25, 0.3) is 5.91 Å². The summed E-state index contributed by atoms with van der Waals surface area (Å²) in [5.41, 5.74) is -0.0486. The van der Waals surface area contributed by atoms with Gasteiger partial charge >= 0.3 is 0 Å². The molecule has 1 atom stereocenters. The second-order valence-electron chi connectivity index (χ2n) is 5.65. The molecular formula is C17H22FN5O3. The van der Waals surface area contributed by atoms with Crippen LogP contribution >= 0.6 is 0 Å². The number of carbonyl (C=O) groups is 2. The maximum Gasteiger partial charge on any atom is 0.254 e. The second-order valence-corrected chi connectivity index (χ2v) is 5.65. The van der Waals surface area contributed by atoms with E-state index in [9.17, 15) is 14.0 Å². The van der Waals surface area contributed by atoms with E-state index < -0.39 is 11.7 Å². The zero-order valence-electron chi connectivity index (χ0n) is 14.7. The monoisotopic (exact) mass is 363 g/mol. The van der Waals surface area contributed by atoms with Crippen molar-refractivity contribution in [3.63, 3.8) is 0 Å². The van der Waals surface area contributed by atoms with E-state index in [1.807, 2.05) is 0 Å². The van der Waals surface area contributed by atoms with Crippen molar-refractivity contribution >= 4 is 11.8 Å². The van der Waals surface area contributed by atoms with E-state index in [2.05, 4.69) is 20.8 Å². The summed E-state index contributed by atoms with van der Waals surface area (Å²) in [5, 5.41) is 13.2. The highest BCUT2D eigenvalue weighted by molar-refractivity contribution is 5.94. The molecule has 140 valence electrons. The molecule has 0 bridgehead atoms. The van der Waals surface area contributed by atoms with Crippen LogP contribution < -0.4 is 10.6 Å². The number of nitrogens with one attached hydrogen (secondary N) is 2. The summed E-state index contributed by atoms with van der Waals surface area (Å²) < 4.78 is 20.3. The van der Waals surface area contributed by atoms with Crippen molar-refractivity contribution < 1.29 is 18.7 Å². The minimum atomic E-state index is -0.599. The van der Waals surface area contributed by atoms with E-state index in [-0.39, 0.29) is 30.5 Å². The Balaban J connectivity index is 1.79. The maximum atomic E-state index is 13.5. The third-order valence-electron chi connectivity index (χ3n) is 3.70. The third-order valence-corrected chi connectivity index (χ3v) is 3.70. The van der Waals surface area contributed by atoms with E-state index in [4.69, 9.17) is 4.74 Å². The van der Waals surface area contributed by atoms with Crippen molar-refractivity contribution in [1.29, 1.82) is 0 Å². The smallest absolute Gasteiger partial charge is 0.254 e. The first-order chi connectivity index (χ1) is 12.5. The van der Waals surface area contributed by atoms with Crippen LogP contribution in [-0.4, -0.2) is 46.8 Å². The predicted octanol–water partition coefficient (Wildman–Crippen LogP) is 1.06. The van der Waals surface area contributed by atoms with Crippen molar-refractivity contribution in [2.75, 3.05) is 20.3 Å². The highest BCUT2D eigenvalue weighted by Gasteiger charge is 2.16. The molecule has 2 amide bonds. The summed E-state index contributed by atoms with van der Waals surface area (Å²) in [4.78, 5) is 23.9. The van der Waals surface area contributed by atoms with E-state index >= 15 is 0 Å². The van der Waals surface area contributed by atoms with Gasteiger partial charge in [-0.3, -0.25) is 9.59 Å². The van der Waals surface area contributed by atoms with Gasteiger partial charge in [-0.15, -0.1) is 10.2 Å². The van der Waals surface area contributed by atoms with Crippen LogP contribution in [0.25, 0.3) is 0 Å². The van der Waals surface area contributed by atoms with Crippen LogP contribution in [0.4, 0.5) is 4.39 Å². The van der Waals surface area contributed by atoms with Crippen LogP contribution in [0.5, 0.6) is 0 Å². The number of methoxy groups -OCH3 is 1. The number of ether oxygens (including phenoxy) is 1. The Hall–Kier alpha value is -2.81. The SMILES string of the molecule is COCCn1cnnc1C(C)NC(=O)CCNC(=O)c1ccccc1F. The molecule has 0 spiro atoms. The summed E-state index contributed by atoms with van der Waals surface area (Å²) in [5.74, 6) is -0.792. The van der Waals surface area contributed by atoms with Crippen molar-refractivity contribution in [3.05, 3.63) is 47.8 Å². The molecule has 2 aromatic rings. The summed E-state index contributed by atoms with van der Waals surface area (Å²) in [7, 11) is 1.60. The van der Waals surface area contributed by atoms with Gasteiger partial charge in [-0.1, -0.05) is 12.1 Å². The summed E-state index contributed by atoms with van der Waals surface area (Å²) >= 11 is 0. The Morgan fingerprint density at radius 1 is 1.35 bits per heavy atom. The molecule has 2 N–H and O–H groups in total. The number of carbonyl (C=O) groups excluding carboxylic acids is 2. The molecule has 0 aliphatic rings. The van der Waals surface area contributed by atoms with Gasteiger partial charge in [0, 0.05) is 26.6 Å². The first-order valence-electron chi connectivity index (χ1n) is 8.21. The number of amides is 2. The van der Waals surface area contributed by atoms with Crippen LogP contribution in [-0.2, 0) is 16.1 Å². The zero-order chi connectivity index (χ0) is 18.9. The average molecular weight is 363 g/mol. The van der Waals surface area contributed by atoms with Crippen LogP contribution in [0.15, 0.2) is 30.6 Å². The molecule has 2 rings (SSSR count). The van der Waals surface area contributed by atoms with Crippen molar-refractivity contribution in [2.24, 2.45) is 0 Å². The summed E-state index contributed by atoms with van der Waals surface area (Å²) in [6, 6.07) is 5.34. The number of aromatic nitrogens is 3. The molecule has 8 nitrogen and oxygen atoms in total. The zero-order valence-corrected chi connectivity index (χ0v) is 14.7. The molecule has 0 aliphatic carbocycles. The Kier molecular flexibility index (Phi) is 7.22. The van der Waals surface area contributed by atoms with E-state index in [1.165, 1.54) is 18.2 Å². The highest BCUT2D eigenvalue weighted by atomic mass is 19.1. The third kappa shape index (κ3) is 5.35. The molecule has 1 heterocycles. The van der Waals surface area contributed by atoms with Gasteiger partial charge < -0.3 is 19.9 Å². The summed E-state index contributed by atoms with van der Waals surface area (Å²) in [6.07, 6.45) is 1.64. The Labute approximate surface area is 150 Å². The molecule has 0 aliphatic heterocycles. The molecule has 0 radical (unpaired) electrons. The molecule has 0 saturated heterocycles. The minimum Gasteiger partial charge on any atom is -0.383 e. The number of hydrogen-bond acceptors (Lipinski definition) is 5. The van der Waals surface area contributed by atoms with Gasteiger partial charge in [-0.05, 0) is 19.1 Å². The van der Waals surface area contributed by atoms with Crippen molar-refractivity contribution in [1.82, 2.24) is 25.4 Å². The number of halogens is 1. The molecule has 0 saturated carbocycles. The lowest BCUT2D eigenvalue weighted by Gasteiger charge is -2.15. The standard InChI is InChI=1S/C17H22FN5O3/c1-12(16-22-20-11-23(16)9-10-26-2)21-15(24)7-8-19-17(25)13-5-3-4-6-14(13)18/h3-6,11-12H,7-10H2,1-2H3,(H,19,25)(H,21,24). The van der Waals surface area contributed by atoms with Crippen LogP contribution in [0, 0.1) is 5.82 Å². The van der Waals surface area contributed by atoms with Crippen molar-refractivity contribution in [3.8, 4) is 0 Å². The minimum absolute atomic E-state index is 0.0486. The van der Waals surface area contributed by atoms with Crippen molar-refractivity contribution in [2.45, 2.75) is 25.9 Å². The number of nitrogens with zero attached hydrogens (tertiary/aromatic N) is 3. The Morgan fingerprint density at radius 3 is 2.85 bits per heavy atom. The predicted molar refractivity (Wildman–Crippen MR) is 91.8 cm³/mol. The lowest BCUT2D eigenvalue weighted by molar-refractivity contribution is -0.121. The molecule has 0 fully saturated rings.